The molecule has 1 N–H and O–H groups in total. The summed E-state index contributed by atoms with van der Waals surface area (Å²) in [6, 6.07) is 10.0. The number of carbonyl (C=O) groups excluding carboxylic acids is 1. The number of halogens is 2. The predicted octanol–water partition coefficient (Wildman–Crippen LogP) is 3.78. The van der Waals surface area contributed by atoms with Crippen molar-refractivity contribution in [1.29, 1.82) is 0 Å². The molecule has 0 spiro atoms. The molecule has 0 aliphatic rings. The Hall–Kier alpha value is -3.23. The van der Waals surface area contributed by atoms with E-state index in [1.807, 2.05) is 0 Å². The van der Waals surface area contributed by atoms with Gasteiger partial charge in [-0.3, -0.25) is 14.9 Å². The van der Waals surface area contributed by atoms with Crippen LogP contribution in [0.4, 0.5) is 20.2 Å². The Morgan fingerprint density at radius 1 is 1.19 bits per heavy atom. The number of hydrogen-bond donors (Lipinski definition) is 1. The van der Waals surface area contributed by atoms with Gasteiger partial charge in [0.2, 0.25) is 5.91 Å². The third-order valence-electron chi connectivity index (χ3n) is 3.46. The monoisotopic (exact) mass is 366 g/mol. The molecular formula is C17H16F2N2O5. The van der Waals surface area contributed by atoms with Crippen LogP contribution in [0.25, 0.3) is 0 Å². The number of nitro groups is 1. The highest BCUT2D eigenvalue weighted by molar-refractivity contribution is 5.93. The highest BCUT2D eigenvalue weighted by Gasteiger charge is 2.17. The van der Waals surface area contributed by atoms with Crippen molar-refractivity contribution in [2.75, 3.05) is 12.4 Å². The van der Waals surface area contributed by atoms with Crippen molar-refractivity contribution in [3.63, 3.8) is 0 Å². The number of ether oxygens (including phenoxy) is 2. The highest BCUT2D eigenvalue weighted by Crippen LogP contribution is 2.29. The lowest BCUT2D eigenvalue weighted by molar-refractivity contribution is -0.384. The maximum Gasteiger partial charge on any atom is 0.387 e. The topological polar surface area (TPSA) is 90.7 Å². The zero-order valence-electron chi connectivity index (χ0n) is 13.8. The number of aryl methyl sites for hydroxylation is 1. The molecule has 0 aliphatic heterocycles. The van der Waals surface area contributed by atoms with Crippen molar-refractivity contribution in [2.24, 2.45) is 0 Å². The van der Waals surface area contributed by atoms with Gasteiger partial charge in [0, 0.05) is 6.42 Å². The smallest absolute Gasteiger partial charge is 0.387 e. The van der Waals surface area contributed by atoms with Crippen LogP contribution in [-0.2, 0) is 11.2 Å². The largest absolute Gasteiger partial charge is 0.496 e. The molecular weight excluding hydrogens is 350 g/mol. The quantitative estimate of drug-likeness (QED) is 0.567. The lowest BCUT2D eigenvalue weighted by Gasteiger charge is -2.08. The van der Waals surface area contributed by atoms with E-state index in [2.05, 4.69) is 10.1 Å². The molecule has 138 valence electrons. The van der Waals surface area contributed by atoms with Crippen LogP contribution < -0.4 is 14.8 Å². The van der Waals surface area contributed by atoms with Crippen LogP contribution in [0.1, 0.15) is 12.0 Å². The molecule has 0 bridgehead atoms. The number of carbonyl (C=O) groups is 1. The lowest BCUT2D eigenvalue weighted by atomic mass is 10.1. The fourth-order valence-electron chi connectivity index (χ4n) is 2.20. The molecule has 0 unspecified atom stereocenters. The second-order valence-corrected chi connectivity index (χ2v) is 5.21. The molecule has 0 radical (unpaired) electrons. The maximum atomic E-state index is 12.1. The van der Waals surface area contributed by atoms with Gasteiger partial charge >= 0.3 is 6.61 Å². The number of hydrogen-bond acceptors (Lipinski definition) is 5. The lowest BCUT2D eigenvalue weighted by Crippen LogP contribution is -2.13. The Balaban J connectivity index is 1.96. The summed E-state index contributed by atoms with van der Waals surface area (Å²) in [6.07, 6.45) is 0.406. The highest BCUT2D eigenvalue weighted by atomic mass is 19.3. The van der Waals surface area contributed by atoms with Crippen LogP contribution in [0.3, 0.4) is 0 Å². The van der Waals surface area contributed by atoms with Gasteiger partial charge in [-0.25, -0.2) is 0 Å². The van der Waals surface area contributed by atoms with Crippen LogP contribution in [-0.4, -0.2) is 24.6 Å². The van der Waals surface area contributed by atoms with Gasteiger partial charge in [-0.05, 0) is 36.2 Å². The normalized spacial score (nSPS) is 10.5. The van der Waals surface area contributed by atoms with Crippen molar-refractivity contribution in [3.8, 4) is 11.5 Å². The van der Waals surface area contributed by atoms with Crippen LogP contribution in [0, 0.1) is 10.1 Å². The fourth-order valence-corrected chi connectivity index (χ4v) is 2.20. The van der Waals surface area contributed by atoms with E-state index >= 15 is 0 Å². The molecule has 0 aliphatic carbocycles. The predicted molar refractivity (Wildman–Crippen MR) is 89.7 cm³/mol. The number of alkyl halides is 2. The number of anilines is 1. The van der Waals surface area contributed by atoms with Gasteiger partial charge < -0.3 is 14.8 Å². The average Bonchev–Trinajstić information content (AvgIpc) is 2.61. The summed E-state index contributed by atoms with van der Waals surface area (Å²) in [7, 11) is 1.38. The van der Waals surface area contributed by atoms with Gasteiger partial charge in [0.05, 0.1) is 18.1 Å². The Morgan fingerprint density at radius 2 is 1.85 bits per heavy atom. The summed E-state index contributed by atoms with van der Waals surface area (Å²) in [5.74, 6) is -0.0750. The number of amides is 1. The molecule has 0 saturated carbocycles. The van der Waals surface area contributed by atoms with Crippen LogP contribution >= 0.6 is 0 Å². The van der Waals surface area contributed by atoms with E-state index in [4.69, 9.17) is 4.74 Å². The number of benzene rings is 2. The van der Waals surface area contributed by atoms with E-state index in [0.29, 0.717) is 12.2 Å². The third-order valence-corrected chi connectivity index (χ3v) is 3.46. The second-order valence-electron chi connectivity index (χ2n) is 5.21. The van der Waals surface area contributed by atoms with E-state index in [1.165, 1.54) is 37.4 Å². The molecule has 2 rings (SSSR count). The number of rotatable bonds is 8. The van der Waals surface area contributed by atoms with Crippen molar-refractivity contribution in [3.05, 3.63) is 58.1 Å². The van der Waals surface area contributed by atoms with Crippen LogP contribution in [0.5, 0.6) is 11.5 Å². The van der Waals surface area contributed by atoms with Crippen molar-refractivity contribution in [1.82, 2.24) is 0 Å². The Morgan fingerprint density at radius 3 is 2.42 bits per heavy atom. The minimum Gasteiger partial charge on any atom is -0.496 e. The molecule has 1 amide bonds. The molecule has 0 aromatic heterocycles. The fraction of sp³-hybridized carbons (Fsp3) is 0.235. The summed E-state index contributed by atoms with van der Waals surface area (Å²) in [5.41, 5.74) is 0.540. The minimum absolute atomic E-state index is 0.0297. The first-order valence-electron chi connectivity index (χ1n) is 7.55. The van der Waals surface area contributed by atoms with Crippen LogP contribution in [0.2, 0.25) is 0 Å². The van der Waals surface area contributed by atoms with E-state index in [0.717, 1.165) is 5.56 Å². The molecule has 2 aromatic rings. The van der Waals surface area contributed by atoms with Crippen LogP contribution in [0.15, 0.2) is 42.5 Å². The first-order valence-corrected chi connectivity index (χ1v) is 7.55. The number of nitrogens with zero attached hydrogens (tertiary/aromatic N) is 1. The number of methoxy groups -OCH3 is 1. The van der Waals surface area contributed by atoms with Crippen molar-refractivity contribution >= 4 is 17.3 Å². The van der Waals surface area contributed by atoms with E-state index < -0.39 is 17.4 Å². The molecule has 0 atom stereocenters. The standard InChI is InChI=1S/C17H16F2N2O5/c1-25-13-7-8-14(15(10-13)21(23)24)20-16(22)9-4-11-2-5-12(6-3-11)26-17(18)19/h2-3,5-8,10,17H,4,9H2,1H3,(H,20,22). The Bertz CT molecular complexity index is 781. The van der Waals surface area contributed by atoms with Gasteiger partial charge in [0.15, 0.2) is 0 Å². The first-order chi connectivity index (χ1) is 12.4. The van der Waals surface area contributed by atoms with Gasteiger partial charge in [-0.2, -0.15) is 8.78 Å². The molecule has 7 nitrogen and oxygen atoms in total. The molecule has 0 saturated heterocycles. The molecule has 2 aromatic carbocycles. The molecule has 0 fully saturated rings. The summed E-state index contributed by atoms with van der Waals surface area (Å²) >= 11 is 0. The molecule has 0 heterocycles. The number of nitrogens with one attached hydrogen (secondary N) is 1. The van der Waals surface area contributed by atoms with E-state index in [1.54, 1.807) is 12.1 Å². The number of nitro benzene ring substituents is 1. The second kappa shape index (κ2) is 8.75. The first kappa shape index (κ1) is 19.1. The molecule has 26 heavy (non-hydrogen) atoms. The van der Waals surface area contributed by atoms with E-state index in [9.17, 15) is 23.7 Å². The third kappa shape index (κ3) is 5.40. The summed E-state index contributed by atoms with van der Waals surface area (Å²) in [6.45, 7) is -2.90. The van der Waals surface area contributed by atoms with E-state index in [-0.39, 0.29) is 23.5 Å². The Kier molecular flexibility index (Phi) is 6.42. The zero-order valence-corrected chi connectivity index (χ0v) is 13.8. The summed E-state index contributed by atoms with van der Waals surface area (Å²) < 4.78 is 33.3. The average molecular weight is 366 g/mol. The van der Waals surface area contributed by atoms with Gasteiger partial charge in [-0.15, -0.1) is 0 Å². The summed E-state index contributed by atoms with van der Waals surface area (Å²) in [5, 5.41) is 13.6. The zero-order chi connectivity index (χ0) is 19.1. The molecule has 9 heteroatoms. The Labute approximate surface area is 147 Å². The van der Waals surface area contributed by atoms with Crippen molar-refractivity contribution in [2.45, 2.75) is 19.5 Å². The minimum atomic E-state index is -2.90. The SMILES string of the molecule is COc1ccc(NC(=O)CCc2ccc(OC(F)F)cc2)c([N+](=O)[O-])c1. The van der Waals surface area contributed by atoms with Gasteiger partial charge in [-0.1, -0.05) is 12.1 Å². The van der Waals surface area contributed by atoms with Gasteiger partial charge in [0.25, 0.3) is 5.69 Å². The van der Waals surface area contributed by atoms with Crippen molar-refractivity contribution < 1.29 is 28.0 Å². The maximum absolute atomic E-state index is 12.1. The summed E-state index contributed by atoms with van der Waals surface area (Å²) in [4.78, 5) is 22.5. The van der Waals surface area contributed by atoms with Gasteiger partial charge in [0.1, 0.15) is 17.2 Å².